The van der Waals surface area contributed by atoms with Crippen molar-refractivity contribution < 1.29 is 4.79 Å². The third kappa shape index (κ3) is 4.42. The van der Waals surface area contributed by atoms with Crippen LogP contribution in [0.3, 0.4) is 0 Å². The average Bonchev–Trinajstić information content (AvgIpc) is 2.63. The van der Waals surface area contributed by atoms with Crippen LogP contribution in [0.25, 0.3) is 0 Å². The van der Waals surface area contributed by atoms with Crippen LogP contribution in [-0.4, -0.2) is 15.9 Å². The smallest absolute Gasteiger partial charge is 0.275 e. The van der Waals surface area contributed by atoms with Gasteiger partial charge in [0, 0.05) is 15.8 Å². The Labute approximate surface area is 154 Å². The van der Waals surface area contributed by atoms with E-state index in [4.69, 9.17) is 0 Å². The summed E-state index contributed by atoms with van der Waals surface area (Å²) in [7, 11) is 0. The van der Waals surface area contributed by atoms with E-state index in [9.17, 15) is 4.79 Å². The van der Waals surface area contributed by atoms with Crippen molar-refractivity contribution in [2.24, 2.45) is 0 Å². The molecule has 0 aliphatic rings. The molecule has 1 aromatic heterocycles. The van der Waals surface area contributed by atoms with E-state index in [0.717, 1.165) is 16.6 Å². The van der Waals surface area contributed by atoms with Crippen LogP contribution < -0.4 is 10.6 Å². The molecule has 0 fully saturated rings. The van der Waals surface area contributed by atoms with Gasteiger partial charge < -0.3 is 10.6 Å². The van der Waals surface area contributed by atoms with E-state index in [2.05, 4.69) is 49.5 Å². The second-order valence-electron chi connectivity index (χ2n) is 5.39. The first kappa shape index (κ1) is 17.1. The molecular formula is C19H17BrN4O. The SMILES string of the molecule is CCc1ccccc1Nc1cnc(C(=O)Nc2cccc(Br)c2)cn1. The van der Waals surface area contributed by atoms with Gasteiger partial charge >= 0.3 is 0 Å². The van der Waals surface area contributed by atoms with Crippen molar-refractivity contribution in [3.05, 3.63) is 76.7 Å². The summed E-state index contributed by atoms with van der Waals surface area (Å²) < 4.78 is 0.894. The lowest BCUT2D eigenvalue weighted by Gasteiger charge is -2.10. The number of hydrogen-bond donors (Lipinski definition) is 2. The summed E-state index contributed by atoms with van der Waals surface area (Å²) in [5, 5.41) is 6.03. The van der Waals surface area contributed by atoms with Crippen LogP contribution in [0.1, 0.15) is 23.0 Å². The van der Waals surface area contributed by atoms with Crippen LogP contribution in [0.2, 0.25) is 0 Å². The van der Waals surface area contributed by atoms with Crippen LogP contribution in [0.4, 0.5) is 17.2 Å². The molecule has 0 saturated heterocycles. The minimum atomic E-state index is -0.300. The van der Waals surface area contributed by atoms with Gasteiger partial charge in [-0.3, -0.25) is 4.79 Å². The van der Waals surface area contributed by atoms with Crippen molar-refractivity contribution in [3.63, 3.8) is 0 Å². The summed E-state index contributed by atoms with van der Waals surface area (Å²) in [4.78, 5) is 20.7. The summed E-state index contributed by atoms with van der Waals surface area (Å²) in [6.07, 6.45) is 3.94. The summed E-state index contributed by atoms with van der Waals surface area (Å²) >= 11 is 3.37. The van der Waals surface area contributed by atoms with Gasteiger partial charge in [0.15, 0.2) is 0 Å². The molecule has 0 unspecified atom stereocenters. The molecule has 5 nitrogen and oxygen atoms in total. The van der Waals surface area contributed by atoms with Gasteiger partial charge in [-0.1, -0.05) is 47.1 Å². The highest BCUT2D eigenvalue weighted by Crippen LogP contribution is 2.20. The number of rotatable bonds is 5. The molecule has 0 saturated carbocycles. The van der Waals surface area contributed by atoms with Crippen molar-refractivity contribution in [3.8, 4) is 0 Å². The minimum absolute atomic E-state index is 0.259. The summed E-state index contributed by atoms with van der Waals surface area (Å²) in [5.41, 5.74) is 3.14. The van der Waals surface area contributed by atoms with Gasteiger partial charge in [-0.15, -0.1) is 0 Å². The van der Waals surface area contributed by atoms with E-state index in [0.29, 0.717) is 11.5 Å². The summed E-state index contributed by atoms with van der Waals surface area (Å²) in [5.74, 6) is 0.297. The highest BCUT2D eigenvalue weighted by Gasteiger charge is 2.09. The second-order valence-corrected chi connectivity index (χ2v) is 6.30. The fourth-order valence-electron chi connectivity index (χ4n) is 2.36. The van der Waals surface area contributed by atoms with Gasteiger partial charge in [0.05, 0.1) is 12.4 Å². The highest BCUT2D eigenvalue weighted by atomic mass is 79.9. The first-order valence-corrected chi connectivity index (χ1v) is 8.69. The third-order valence-electron chi connectivity index (χ3n) is 3.63. The summed E-state index contributed by atoms with van der Waals surface area (Å²) in [6, 6.07) is 15.4. The molecule has 0 aliphatic heterocycles. The number of anilines is 3. The maximum absolute atomic E-state index is 12.2. The van der Waals surface area contributed by atoms with Gasteiger partial charge in [-0.25, -0.2) is 9.97 Å². The van der Waals surface area contributed by atoms with Gasteiger partial charge in [0.1, 0.15) is 11.5 Å². The quantitative estimate of drug-likeness (QED) is 0.649. The standard InChI is InChI=1S/C19H17BrN4O/c1-2-13-6-3-4-9-16(13)24-18-12-21-17(11-22-18)19(25)23-15-8-5-7-14(20)10-15/h3-12H,2H2,1H3,(H,22,24)(H,23,25). The Bertz CT molecular complexity index is 881. The molecule has 3 aromatic rings. The molecule has 0 spiro atoms. The topological polar surface area (TPSA) is 66.9 Å². The lowest BCUT2D eigenvalue weighted by molar-refractivity contribution is 0.102. The molecule has 0 atom stereocenters. The molecular weight excluding hydrogens is 380 g/mol. The number of aromatic nitrogens is 2. The van der Waals surface area contributed by atoms with Crippen molar-refractivity contribution in [2.45, 2.75) is 13.3 Å². The zero-order valence-electron chi connectivity index (χ0n) is 13.7. The number of hydrogen-bond acceptors (Lipinski definition) is 4. The highest BCUT2D eigenvalue weighted by molar-refractivity contribution is 9.10. The Morgan fingerprint density at radius 3 is 2.64 bits per heavy atom. The zero-order chi connectivity index (χ0) is 17.6. The summed E-state index contributed by atoms with van der Waals surface area (Å²) in [6.45, 7) is 2.10. The van der Waals surface area contributed by atoms with E-state index in [1.54, 1.807) is 6.20 Å². The number of carbonyl (C=O) groups is 1. The van der Waals surface area contributed by atoms with Gasteiger partial charge in [-0.2, -0.15) is 0 Å². The molecule has 0 bridgehead atoms. The molecule has 25 heavy (non-hydrogen) atoms. The molecule has 2 aromatic carbocycles. The van der Waals surface area contributed by atoms with Crippen LogP contribution in [0.15, 0.2) is 65.4 Å². The van der Waals surface area contributed by atoms with Crippen LogP contribution >= 0.6 is 15.9 Å². The lowest BCUT2D eigenvalue weighted by Crippen LogP contribution is -2.14. The number of nitrogens with zero attached hydrogens (tertiary/aromatic N) is 2. The number of aryl methyl sites for hydroxylation is 1. The van der Waals surface area contributed by atoms with Crippen LogP contribution in [0.5, 0.6) is 0 Å². The third-order valence-corrected chi connectivity index (χ3v) is 4.12. The number of amides is 1. The Balaban J connectivity index is 1.70. The first-order chi connectivity index (χ1) is 12.2. The maximum atomic E-state index is 12.2. The molecule has 126 valence electrons. The molecule has 6 heteroatoms. The van der Waals surface area contributed by atoms with Gasteiger partial charge in [0.25, 0.3) is 5.91 Å². The van der Waals surface area contributed by atoms with Gasteiger partial charge in [0.2, 0.25) is 0 Å². The zero-order valence-corrected chi connectivity index (χ0v) is 15.2. The van der Waals surface area contributed by atoms with Crippen molar-refractivity contribution in [2.75, 3.05) is 10.6 Å². The van der Waals surface area contributed by atoms with Crippen LogP contribution in [0, 0.1) is 0 Å². The number of benzene rings is 2. The number of halogens is 1. The Kier molecular flexibility index (Phi) is 5.40. The van der Waals surface area contributed by atoms with Gasteiger partial charge in [-0.05, 0) is 36.2 Å². The average molecular weight is 397 g/mol. The van der Waals surface area contributed by atoms with Crippen molar-refractivity contribution in [1.82, 2.24) is 9.97 Å². The van der Waals surface area contributed by atoms with E-state index < -0.39 is 0 Å². The maximum Gasteiger partial charge on any atom is 0.275 e. The first-order valence-electron chi connectivity index (χ1n) is 7.89. The minimum Gasteiger partial charge on any atom is -0.339 e. The Morgan fingerprint density at radius 1 is 1.08 bits per heavy atom. The monoisotopic (exact) mass is 396 g/mol. The molecule has 0 aliphatic carbocycles. The van der Waals surface area contributed by atoms with Crippen LogP contribution in [-0.2, 0) is 6.42 Å². The molecule has 3 rings (SSSR count). The number of nitrogens with one attached hydrogen (secondary N) is 2. The van der Waals surface area contributed by atoms with E-state index in [1.165, 1.54) is 11.8 Å². The van der Waals surface area contributed by atoms with Crippen molar-refractivity contribution >= 4 is 39.0 Å². The fraction of sp³-hybridized carbons (Fsp3) is 0.105. The molecule has 0 radical (unpaired) electrons. The predicted octanol–water partition coefficient (Wildman–Crippen LogP) is 4.80. The number of carbonyl (C=O) groups excluding carboxylic acids is 1. The fourth-order valence-corrected chi connectivity index (χ4v) is 2.76. The largest absolute Gasteiger partial charge is 0.339 e. The molecule has 1 amide bonds. The van der Waals surface area contributed by atoms with E-state index in [-0.39, 0.29) is 11.6 Å². The molecule has 2 N–H and O–H groups in total. The molecule has 1 heterocycles. The normalized spacial score (nSPS) is 10.3. The Morgan fingerprint density at radius 2 is 1.92 bits per heavy atom. The van der Waals surface area contributed by atoms with Crippen molar-refractivity contribution in [1.29, 1.82) is 0 Å². The van der Waals surface area contributed by atoms with E-state index in [1.807, 2.05) is 42.5 Å². The second kappa shape index (κ2) is 7.90. The lowest BCUT2D eigenvalue weighted by atomic mass is 10.1. The number of para-hydroxylation sites is 1. The predicted molar refractivity (Wildman–Crippen MR) is 103 cm³/mol. The van der Waals surface area contributed by atoms with E-state index >= 15 is 0 Å². The Hall–Kier alpha value is -2.73.